The van der Waals surface area contributed by atoms with E-state index in [0.717, 1.165) is 35.2 Å². The van der Waals surface area contributed by atoms with Crippen LogP contribution in [-0.2, 0) is 14.8 Å². The summed E-state index contributed by atoms with van der Waals surface area (Å²) >= 11 is 0. The molecule has 0 radical (unpaired) electrons. The summed E-state index contributed by atoms with van der Waals surface area (Å²) in [5.41, 5.74) is 3.15. The van der Waals surface area contributed by atoms with Gasteiger partial charge in [-0.15, -0.1) is 0 Å². The molecule has 0 spiro atoms. The van der Waals surface area contributed by atoms with Crippen LogP contribution >= 0.6 is 0 Å². The van der Waals surface area contributed by atoms with Gasteiger partial charge in [-0.1, -0.05) is 57.5 Å². The topological polar surface area (TPSA) is 97.7 Å². The molecule has 1 aromatic heterocycles. The minimum absolute atomic E-state index is 0.0459. The number of nitrogens with one attached hydrogen (secondary N) is 1. The highest BCUT2D eigenvalue weighted by molar-refractivity contribution is 7.90. The molecule has 34 heavy (non-hydrogen) atoms. The van der Waals surface area contributed by atoms with Crippen molar-refractivity contribution in [2.75, 3.05) is 0 Å². The van der Waals surface area contributed by atoms with Crippen LogP contribution in [0.15, 0.2) is 52.1 Å². The first-order valence-corrected chi connectivity index (χ1v) is 12.4. The number of aliphatic imine (C=N–C) groups is 1. The first-order valence-electron chi connectivity index (χ1n) is 10.9. The lowest BCUT2D eigenvalue weighted by molar-refractivity contribution is -0.118. The maximum atomic E-state index is 13.4. The predicted octanol–water partition coefficient (Wildman–Crippen LogP) is 5.16. The van der Waals surface area contributed by atoms with Crippen molar-refractivity contribution in [1.82, 2.24) is 9.71 Å². The van der Waals surface area contributed by atoms with Gasteiger partial charge in [-0.2, -0.15) is 12.8 Å². The van der Waals surface area contributed by atoms with Crippen LogP contribution in [0.2, 0.25) is 0 Å². The fraction of sp³-hybridized carbons (Fsp3) is 0.400. The molecular formula is C25H32FN3O4S. The third-order valence-corrected chi connectivity index (χ3v) is 6.03. The van der Waals surface area contributed by atoms with E-state index in [1.165, 1.54) is 6.07 Å². The standard InChI is InChI=1S/C25H32FN3O4S/c1-8-10-19(25(5,6)7)27-22(33-24-17(3)13-16(2)14-18(24)4)15-21(30)29-34(31,32)23-12-9-11-20(26)28-23/h9-14H,8,15H2,1-7H3,(H,29,30)/b19-10-,27-22+. The number of sulfonamides is 1. The zero-order valence-corrected chi connectivity index (χ0v) is 21.5. The van der Waals surface area contributed by atoms with Gasteiger partial charge in [0.25, 0.3) is 10.0 Å². The molecule has 0 fully saturated rings. The van der Waals surface area contributed by atoms with E-state index in [9.17, 15) is 17.6 Å². The SMILES string of the molecule is CC/C=C(\N=C(/CC(=O)NS(=O)(=O)c1cccc(F)n1)Oc1c(C)cc(C)cc1C)C(C)(C)C. The Balaban J connectivity index is 2.42. The summed E-state index contributed by atoms with van der Waals surface area (Å²) in [5.74, 6) is -1.25. The molecule has 1 heterocycles. The highest BCUT2D eigenvalue weighted by Crippen LogP contribution is 2.29. The van der Waals surface area contributed by atoms with Gasteiger partial charge in [0.15, 0.2) is 5.03 Å². The second kappa shape index (κ2) is 10.9. The van der Waals surface area contributed by atoms with Gasteiger partial charge in [0, 0.05) is 11.1 Å². The van der Waals surface area contributed by atoms with Crippen LogP contribution in [0.25, 0.3) is 0 Å². The molecule has 0 aliphatic carbocycles. The van der Waals surface area contributed by atoms with Crippen molar-refractivity contribution in [3.05, 3.63) is 64.7 Å². The van der Waals surface area contributed by atoms with Crippen molar-refractivity contribution < 1.29 is 22.3 Å². The van der Waals surface area contributed by atoms with Gasteiger partial charge in [0.1, 0.15) is 12.2 Å². The Kier molecular flexibility index (Phi) is 8.72. The molecular weight excluding hydrogens is 457 g/mol. The lowest BCUT2D eigenvalue weighted by Gasteiger charge is -2.21. The number of halogens is 1. The van der Waals surface area contributed by atoms with Crippen LogP contribution < -0.4 is 9.46 Å². The van der Waals surface area contributed by atoms with E-state index in [0.29, 0.717) is 11.4 Å². The molecule has 9 heteroatoms. The first kappa shape index (κ1) is 27.2. The second-order valence-corrected chi connectivity index (χ2v) is 10.7. The summed E-state index contributed by atoms with van der Waals surface area (Å²) in [5, 5.41) is -0.591. The van der Waals surface area contributed by atoms with Crippen LogP contribution in [0.1, 0.15) is 57.2 Å². The number of benzene rings is 1. The van der Waals surface area contributed by atoms with Crippen LogP contribution in [-0.4, -0.2) is 25.2 Å². The maximum Gasteiger partial charge on any atom is 0.281 e. The number of ether oxygens (including phenoxy) is 1. The van der Waals surface area contributed by atoms with E-state index in [-0.39, 0.29) is 11.3 Å². The minimum atomic E-state index is -4.37. The van der Waals surface area contributed by atoms with E-state index in [2.05, 4.69) is 9.98 Å². The van der Waals surface area contributed by atoms with Crippen molar-refractivity contribution in [3.63, 3.8) is 0 Å². The Morgan fingerprint density at radius 3 is 2.32 bits per heavy atom. The maximum absolute atomic E-state index is 13.4. The zero-order valence-electron chi connectivity index (χ0n) is 20.7. The first-order chi connectivity index (χ1) is 15.7. The molecule has 1 N–H and O–H groups in total. The number of carbonyl (C=O) groups is 1. The van der Waals surface area contributed by atoms with Gasteiger partial charge < -0.3 is 4.74 Å². The van der Waals surface area contributed by atoms with Gasteiger partial charge in [-0.05, 0) is 50.5 Å². The number of nitrogens with zero attached hydrogens (tertiary/aromatic N) is 2. The molecule has 184 valence electrons. The Hall–Kier alpha value is -3.07. The number of allylic oxidation sites excluding steroid dienone is 2. The van der Waals surface area contributed by atoms with Crippen LogP contribution in [0.5, 0.6) is 5.75 Å². The monoisotopic (exact) mass is 489 g/mol. The molecule has 1 aromatic carbocycles. The molecule has 0 saturated heterocycles. The number of rotatable bonds is 7. The fourth-order valence-corrected chi connectivity index (χ4v) is 4.25. The average molecular weight is 490 g/mol. The van der Waals surface area contributed by atoms with E-state index < -0.39 is 33.3 Å². The number of pyridine rings is 1. The Morgan fingerprint density at radius 2 is 1.79 bits per heavy atom. The molecule has 0 unspecified atom stereocenters. The summed E-state index contributed by atoms with van der Waals surface area (Å²) in [4.78, 5) is 20.7. The van der Waals surface area contributed by atoms with Gasteiger partial charge in [0.05, 0.1) is 0 Å². The average Bonchev–Trinajstić information content (AvgIpc) is 2.69. The molecule has 7 nitrogen and oxygen atoms in total. The van der Waals surface area contributed by atoms with Crippen molar-refractivity contribution in [2.24, 2.45) is 10.4 Å². The normalized spacial score (nSPS) is 13.1. The lowest BCUT2D eigenvalue weighted by Crippen LogP contribution is -2.33. The summed E-state index contributed by atoms with van der Waals surface area (Å²) in [7, 11) is -4.37. The van der Waals surface area contributed by atoms with E-state index in [4.69, 9.17) is 4.74 Å². The molecule has 2 rings (SSSR count). The summed E-state index contributed by atoms with van der Waals surface area (Å²) in [6.45, 7) is 13.7. The van der Waals surface area contributed by atoms with Gasteiger partial charge in [-0.25, -0.2) is 14.7 Å². The van der Waals surface area contributed by atoms with E-state index in [1.54, 1.807) is 0 Å². The largest absolute Gasteiger partial charge is 0.442 e. The van der Waals surface area contributed by atoms with E-state index >= 15 is 0 Å². The smallest absolute Gasteiger partial charge is 0.281 e. The number of aromatic nitrogens is 1. The third kappa shape index (κ3) is 7.48. The molecule has 0 bridgehead atoms. The van der Waals surface area contributed by atoms with Gasteiger partial charge in [0.2, 0.25) is 17.8 Å². The Morgan fingerprint density at radius 1 is 1.18 bits per heavy atom. The Bertz CT molecular complexity index is 1210. The number of amides is 1. The lowest BCUT2D eigenvalue weighted by atomic mass is 9.91. The molecule has 0 saturated carbocycles. The summed E-state index contributed by atoms with van der Waals surface area (Å²) < 4.78 is 46.4. The number of aryl methyl sites for hydroxylation is 3. The summed E-state index contributed by atoms with van der Waals surface area (Å²) in [6.07, 6.45) is 2.21. The molecule has 0 aliphatic rings. The number of hydrogen-bond acceptors (Lipinski definition) is 6. The minimum Gasteiger partial charge on any atom is -0.442 e. The van der Waals surface area contributed by atoms with Crippen LogP contribution in [0.4, 0.5) is 4.39 Å². The van der Waals surface area contributed by atoms with Crippen molar-refractivity contribution in [2.45, 2.75) is 66.3 Å². The fourth-order valence-electron chi connectivity index (χ4n) is 3.31. The van der Waals surface area contributed by atoms with Crippen LogP contribution in [0.3, 0.4) is 0 Å². The van der Waals surface area contributed by atoms with Crippen molar-refractivity contribution in [1.29, 1.82) is 0 Å². The molecule has 2 aromatic rings. The second-order valence-electron chi connectivity index (χ2n) is 9.09. The number of hydrogen-bond donors (Lipinski definition) is 1. The van der Waals surface area contributed by atoms with E-state index in [1.807, 2.05) is 71.4 Å². The molecule has 0 atom stereocenters. The van der Waals surface area contributed by atoms with Crippen molar-refractivity contribution in [3.8, 4) is 5.75 Å². The van der Waals surface area contributed by atoms with Crippen molar-refractivity contribution >= 4 is 21.8 Å². The van der Waals surface area contributed by atoms with Crippen LogP contribution in [0, 0.1) is 32.1 Å². The van der Waals surface area contributed by atoms with Gasteiger partial charge >= 0.3 is 0 Å². The molecule has 0 aliphatic heterocycles. The highest BCUT2D eigenvalue weighted by atomic mass is 32.2. The third-order valence-electron chi connectivity index (χ3n) is 4.76. The number of carbonyl (C=O) groups excluding carboxylic acids is 1. The highest BCUT2D eigenvalue weighted by Gasteiger charge is 2.24. The predicted molar refractivity (Wildman–Crippen MR) is 131 cm³/mol. The van der Waals surface area contributed by atoms with Gasteiger partial charge in [-0.3, -0.25) is 4.79 Å². The Labute approximate surface area is 201 Å². The quantitative estimate of drug-likeness (QED) is 0.329. The molecule has 1 amide bonds. The summed E-state index contributed by atoms with van der Waals surface area (Å²) in [6, 6.07) is 7.22. The zero-order chi connectivity index (χ0) is 25.7.